The monoisotopic (exact) mass is 246 g/mol. The van der Waals surface area contributed by atoms with Crippen LogP contribution in [-0.4, -0.2) is 24.1 Å². The molecule has 94 valence electrons. The summed E-state index contributed by atoms with van der Waals surface area (Å²) in [5.41, 5.74) is 0.835. The third kappa shape index (κ3) is 2.76. The lowest BCUT2D eigenvalue weighted by Crippen LogP contribution is -2.29. The first kappa shape index (κ1) is 12.3. The van der Waals surface area contributed by atoms with Crippen molar-refractivity contribution in [3.63, 3.8) is 0 Å². The lowest BCUT2D eigenvalue weighted by Gasteiger charge is -2.12. The SMILES string of the molecule is N#Cc1ccc([N+](=O)[O-])c(NCC2CCCN2)c1. The highest BCUT2D eigenvalue weighted by molar-refractivity contribution is 5.64. The number of nitro benzene ring substituents is 1. The number of rotatable bonds is 4. The molecule has 0 bridgehead atoms. The fourth-order valence-corrected chi connectivity index (χ4v) is 2.07. The van der Waals surface area contributed by atoms with Crippen molar-refractivity contribution < 1.29 is 4.92 Å². The van der Waals surface area contributed by atoms with Crippen molar-refractivity contribution in [1.29, 1.82) is 5.26 Å². The summed E-state index contributed by atoms with van der Waals surface area (Å²) in [6.45, 7) is 1.63. The van der Waals surface area contributed by atoms with Gasteiger partial charge in [-0.1, -0.05) is 0 Å². The molecule has 1 aromatic carbocycles. The maximum absolute atomic E-state index is 10.9. The van der Waals surface area contributed by atoms with Gasteiger partial charge in [0.25, 0.3) is 5.69 Å². The van der Waals surface area contributed by atoms with E-state index in [9.17, 15) is 10.1 Å². The molecule has 1 aromatic rings. The second-order valence-corrected chi connectivity index (χ2v) is 4.28. The average Bonchev–Trinajstić information content (AvgIpc) is 2.88. The van der Waals surface area contributed by atoms with Crippen LogP contribution in [0.5, 0.6) is 0 Å². The summed E-state index contributed by atoms with van der Waals surface area (Å²) < 4.78 is 0. The molecule has 1 aliphatic heterocycles. The van der Waals surface area contributed by atoms with Gasteiger partial charge in [-0.25, -0.2) is 0 Å². The van der Waals surface area contributed by atoms with E-state index in [0.29, 0.717) is 23.8 Å². The number of nitro groups is 1. The number of benzene rings is 1. The highest BCUT2D eigenvalue weighted by Gasteiger charge is 2.17. The van der Waals surface area contributed by atoms with E-state index in [-0.39, 0.29) is 5.69 Å². The second kappa shape index (κ2) is 5.47. The molecule has 0 amide bonds. The minimum Gasteiger partial charge on any atom is -0.378 e. The lowest BCUT2D eigenvalue weighted by molar-refractivity contribution is -0.384. The molecule has 2 rings (SSSR count). The molecule has 2 N–H and O–H groups in total. The van der Waals surface area contributed by atoms with Crippen LogP contribution >= 0.6 is 0 Å². The van der Waals surface area contributed by atoms with Gasteiger partial charge in [0.1, 0.15) is 5.69 Å². The van der Waals surface area contributed by atoms with Crippen LogP contribution in [0.2, 0.25) is 0 Å². The lowest BCUT2D eigenvalue weighted by atomic mass is 10.1. The van der Waals surface area contributed by atoms with Crippen LogP contribution in [-0.2, 0) is 0 Å². The molecule has 0 radical (unpaired) electrons. The van der Waals surface area contributed by atoms with E-state index in [1.807, 2.05) is 6.07 Å². The predicted molar refractivity (Wildman–Crippen MR) is 67.3 cm³/mol. The van der Waals surface area contributed by atoms with Gasteiger partial charge in [0.2, 0.25) is 0 Å². The minimum absolute atomic E-state index is 0.00648. The second-order valence-electron chi connectivity index (χ2n) is 4.28. The molecule has 1 atom stereocenters. The Hall–Kier alpha value is -2.13. The van der Waals surface area contributed by atoms with Gasteiger partial charge in [-0.3, -0.25) is 10.1 Å². The Morgan fingerprint density at radius 1 is 1.61 bits per heavy atom. The topological polar surface area (TPSA) is 91.0 Å². The molecular weight excluding hydrogens is 232 g/mol. The van der Waals surface area contributed by atoms with Crippen molar-refractivity contribution in [3.05, 3.63) is 33.9 Å². The van der Waals surface area contributed by atoms with Crippen LogP contribution in [0.1, 0.15) is 18.4 Å². The van der Waals surface area contributed by atoms with Gasteiger partial charge in [-0.2, -0.15) is 5.26 Å². The number of nitriles is 1. The van der Waals surface area contributed by atoms with Gasteiger partial charge in [0, 0.05) is 18.7 Å². The summed E-state index contributed by atoms with van der Waals surface area (Å²) in [4.78, 5) is 10.4. The Kier molecular flexibility index (Phi) is 3.75. The molecule has 6 heteroatoms. The molecule has 6 nitrogen and oxygen atoms in total. The summed E-state index contributed by atoms with van der Waals surface area (Å²) in [7, 11) is 0. The van der Waals surface area contributed by atoms with Crippen LogP contribution in [0.4, 0.5) is 11.4 Å². The van der Waals surface area contributed by atoms with Gasteiger partial charge in [0.05, 0.1) is 16.6 Å². The number of hydrogen-bond donors (Lipinski definition) is 2. The Morgan fingerprint density at radius 3 is 3.06 bits per heavy atom. The van der Waals surface area contributed by atoms with Gasteiger partial charge in [-0.05, 0) is 31.5 Å². The highest BCUT2D eigenvalue weighted by atomic mass is 16.6. The van der Waals surface area contributed by atoms with Gasteiger partial charge < -0.3 is 10.6 Å². The largest absolute Gasteiger partial charge is 0.378 e. The first-order valence-electron chi connectivity index (χ1n) is 5.86. The van der Waals surface area contributed by atoms with E-state index in [1.54, 1.807) is 0 Å². The van der Waals surface area contributed by atoms with Crippen molar-refractivity contribution in [2.75, 3.05) is 18.4 Å². The van der Waals surface area contributed by atoms with Crippen LogP contribution in [0.15, 0.2) is 18.2 Å². The fourth-order valence-electron chi connectivity index (χ4n) is 2.07. The zero-order valence-electron chi connectivity index (χ0n) is 9.85. The van der Waals surface area contributed by atoms with E-state index in [1.165, 1.54) is 18.2 Å². The predicted octanol–water partition coefficient (Wildman–Crippen LogP) is 1.63. The Morgan fingerprint density at radius 2 is 2.44 bits per heavy atom. The molecule has 1 heterocycles. The normalized spacial score (nSPS) is 18.3. The minimum atomic E-state index is -0.439. The van der Waals surface area contributed by atoms with E-state index in [2.05, 4.69) is 10.6 Å². The Labute approximate surface area is 105 Å². The van der Waals surface area contributed by atoms with E-state index >= 15 is 0 Å². The summed E-state index contributed by atoms with van der Waals surface area (Å²) in [6.07, 6.45) is 2.20. The smallest absolute Gasteiger partial charge is 0.292 e. The zero-order chi connectivity index (χ0) is 13.0. The quantitative estimate of drug-likeness (QED) is 0.622. The van der Waals surface area contributed by atoms with Crippen LogP contribution in [0, 0.1) is 21.4 Å². The molecule has 1 saturated heterocycles. The molecule has 0 saturated carbocycles. The maximum Gasteiger partial charge on any atom is 0.292 e. The Bertz CT molecular complexity index is 489. The third-order valence-corrected chi connectivity index (χ3v) is 3.02. The van der Waals surface area contributed by atoms with Crippen molar-refractivity contribution in [3.8, 4) is 6.07 Å². The van der Waals surface area contributed by atoms with E-state index in [4.69, 9.17) is 5.26 Å². The molecular formula is C12H14N4O2. The molecule has 0 aliphatic carbocycles. The van der Waals surface area contributed by atoms with Crippen LogP contribution < -0.4 is 10.6 Å². The van der Waals surface area contributed by atoms with E-state index < -0.39 is 4.92 Å². The molecule has 1 aliphatic rings. The van der Waals surface area contributed by atoms with Crippen molar-refractivity contribution in [2.45, 2.75) is 18.9 Å². The van der Waals surface area contributed by atoms with Crippen molar-refractivity contribution >= 4 is 11.4 Å². The number of nitrogens with one attached hydrogen (secondary N) is 2. The Balaban J connectivity index is 2.13. The van der Waals surface area contributed by atoms with Crippen LogP contribution in [0.25, 0.3) is 0 Å². The highest BCUT2D eigenvalue weighted by Crippen LogP contribution is 2.25. The van der Waals surface area contributed by atoms with Gasteiger partial charge >= 0.3 is 0 Å². The number of hydrogen-bond acceptors (Lipinski definition) is 5. The van der Waals surface area contributed by atoms with Crippen molar-refractivity contribution in [1.82, 2.24) is 5.32 Å². The molecule has 0 aromatic heterocycles. The van der Waals surface area contributed by atoms with Gasteiger partial charge in [0.15, 0.2) is 0 Å². The zero-order valence-corrected chi connectivity index (χ0v) is 9.85. The summed E-state index contributed by atoms with van der Waals surface area (Å²) >= 11 is 0. The summed E-state index contributed by atoms with van der Waals surface area (Å²) in [5.74, 6) is 0. The molecule has 1 fully saturated rings. The number of anilines is 1. The average molecular weight is 246 g/mol. The van der Waals surface area contributed by atoms with Crippen molar-refractivity contribution in [2.24, 2.45) is 0 Å². The molecule has 0 spiro atoms. The third-order valence-electron chi connectivity index (χ3n) is 3.02. The van der Waals surface area contributed by atoms with Gasteiger partial charge in [-0.15, -0.1) is 0 Å². The first-order valence-corrected chi connectivity index (χ1v) is 5.86. The van der Waals surface area contributed by atoms with Crippen LogP contribution in [0.3, 0.4) is 0 Å². The molecule has 1 unspecified atom stereocenters. The summed E-state index contributed by atoms with van der Waals surface area (Å²) in [6, 6.07) is 6.67. The maximum atomic E-state index is 10.9. The molecule has 18 heavy (non-hydrogen) atoms. The fraction of sp³-hybridized carbons (Fsp3) is 0.417. The first-order chi connectivity index (χ1) is 8.70. The standard InChI is InChI=1S/C12H14N4O2/c13-7-9-3-4-12(16(17)18)11(6-9)15-8-10-2-1-5-14-10/h3-4,6,10,14-15H,1-2,5,8H2. The number of nitrogens with zero attached hydrogens (tertiary/aromatic N) is 2. The van der Waals surface area contributed by atoms with E-state index in [0.717, 1.165) is 19.4 Å². The summed E-state index contributed by atoms with van der Waals surface area (Å²) in [5, 5.41) is 26.1.